The Hall–Kier alpha value is -1.33. The first kappa shape index (κ1) is 15.7. The topological polar surface area (TPSA) is 35.8 Å². The number of nitrogens with one attached hydrogen (secondary N) is 1. The Morgan fingerprint density at radius 3 is 2.21 bits per heavy atom. The van der Waals surface area contributed by atoms with Crippen LogP contribution in [0.2, 0.25) is 0 Å². The van der Waals surface area contributed by atoms with Crippen LogP contribution in [0.4, 0.5) is 0 Å². The second kappa shape index (κ2) is 7.31. The molecule has 2 nitrogen and oxygen atoms in total. The van der Waals surface area contributed by atoms with Crippen molar-refractivity contribution in [3.8, 4) is 6.07 Å². The molecule has 0 fully saturated rings. The minimum Gasteiger partial charge on any atom is -0.315 e. The van der Waals surface area contributed by atoms with Crippen molar-refractivity contribution >= 4 is 0 Å². The van der Waals surface area contributed by atoms with E-state index in [4.69, 9.17) is 5.26 Å². The number of nitrogens with zero attached hydrogens (tertiary/aromatic N) is 1. The largest absolute Gasteiger partial charge is 0.315 e. The lowest BCUT2D eigenvalue weighted by Gasteiger charge is -2.16. The fraction of sp³-hybridized carbons (Fsp3) is 0.588. The van der Waals surface area contributed by atoms with Gasteiger partial charge in [-0.25, -0.2) is 0 Å². The molecule has 0 spiro atoms. The van der Waals surface area contributed by atoms with Gasteiger partial charge in [0.1, 0.15) is 0 Å². The molecule has 19 heavy (non-hydrogen) atoms. The van der Waals surface area contributed by atoms with Crippen molar-refractivity contribution in [3.05, 3.63) is 33.9 Å². The third-order valence-corrected chi connectivity index (χ3v) is 4.14. The highest BCUT2D eigenvalue weighted by Crippen LogP contribution is 2.21. The second-order valence-electron chi connectivity index (χ2n) is 5.43. The molecule has 1 atom stereocenters. The number of rotatable bonds is 6. The molecule has 1 rings (SSSR count). The number of benzene rings is 1. The van der Waals surface area contributed by atoms with Gasteiger partial charge in [-0.3, -0.25) is 0 Å². The number of hydrogen-bond donors (Lipinski definition) is 1. The third kappa shape index (κ3) is 4.08. The minimum absolute atomic E-state index is 0.140. The van der Waals surface area contributed by atoms with Crippen molar-refractivity contribution in [2.24, 2.45) is 5.92 Å². The second-order valence-corrected chi connectivity index (χ2v) is 5.43. The van der Waals surface area contributed by atoms with Gasteiger partial charge in [-0.05, 0) is 74.9 Å². The van der Waals surface area contributed by atoms with Crippen molar-refractivity contribution in [1.82, 2.24) is 5.32 Å². The molecule has 1 N–H and O–H groups in total. The standard InChI is InChI=1S/C17H26N2/c1-6-16(10-18)11-19-8-7-17-14(4)12(2)9-13(3)15(17)5/h9,16,19H,6-8,11H2,1-5H3. The van der Waals surface area contributed by atoms with Crippen LogP contribution in [0.5, 0.6) is 0 Å². The van der Waals surface area contributed by atoms with Crippen LogP contribution in [0, 0.1) is 44.9 Å². The van der Waals surface area contributed by atoms with Crippen LogP contribution in [0.25, 0.3) is 0 Å². The van der Waals surface area contributed by atoms with Crippen LogP contribution in [-0.4, -0.2) is 13.1 Å². The maximum Gasteiger partial charge on any atom is 0.0669 e. The van der Waals surface area contributed by atoms with Gasteiger partial charge in [-0.15, -0.1) is 0 Å². The first-order valence-corrected chi connectivity index (χ1v) is 7.17. The average molecular weight is 258 g/mol. The van der Waals surface area contributed by atoms with Crippen LogP contribution in [-0.2, 0) is 6.42 Å². The molecule has 0 aliphatic rings. The van der Waals surface area contributed by atoms with Crippen molar-refractivity contribution in [2.75, 3.05) is 13.1 Å². The van der Waals surface area contributed by atoms with Gasteiger partial charge in [0, 0.05) is 6.54 Å². The van der Waals surface area contributed by atoms with Crippen molar-refractivity contribution < 1.29 is 0 Å². The Kier molecular flexibility index (Phi) is 6.05. The predicted octanol–water partition coefficient (Wildman–Crippen LogP) is 3.60. The van der Waals surface area contributed by atoms with E-state index in [9.17, 15) is 0 Å². The highest BCUT2D eigenvalue weighted by Gasteiger charge is 2.08. The molecule has 104 valence electrons. The average Bonchev–Trinajstić information content (AvgIpc) is 2.40. The van der Waals surface area contributed by atoms with E-state index >= 15 is 0 Å². The Labute approximate surface area is 117 Å². The van der Waals surface area contributed by atoms with E-state index in [1.807, 2.05) is 0 Å². The third-order valence-electron chi connectivity index (χ3n) is 4.14. The maximum absolute atomic E-state index is 8.91. The zero-order valence-electron chi connectivity index (χ0n) is 12.9. The van der Waals surface area contributed by atoms with E-state index < -0.39 is 0 Å². The van der Waals surface area contributed by atoms with Crippen LogP contribution < -0.4 is 5.32 Å². The SMILES string of the molecule is CCC(C#N)CNCCc1c(C)c(C)cc(C)c1C. The molecular weight excluding hydrogens is 232 g/mol. The zero-order chi connectivity index (χ0) is 14.4. The van der Waals surface area contributed by atoms with E-state index in [1.54, 1.807) is 0 Å². The molecule has 0 saturated carbocycles. The summed E-state index contributed by atoms with van der Waals surface area (Å²) in [4.78, 5) is 0. The zero-order valence-corrected chi connectivity index (χ0v) is 12.9. The van der Waals surface area contributed by atoms with E-state index in [-0.39, 0.29) is 5.92 Å². The van der Waals surface area contributed by atoms with Gasteiger partial charge in [-0.2, -0.15) is 5.26 Å². The molecule has 0 aliphatic heterocycles. The summed E-state index contributed by atoms with van der Waals surface area (Å²) in [7, 11) is 0. The van der Waals surface area contributed by atoms with E-state index in [0.29, 0.717) is 0 Å². The molecule has 0 saturated heterocycles. The minimum atomic E-state index is 0.140. The molecule has 0 aliphatic carbocycles. The highest BCUT2D eigenvalue weighted by molar-refractivity contribution is 5.44. The van der Waals surface area contributed by atoms with Crippen molar-refractivity contribution in [1.29, 1.82) is 5.26 Å². The summed E-state index contributed by atoms with van der Waals surface area (Å²) < 4.78 is 0. The molecule has 0 radical (unpaired) electrons. The fourth-order valence-electron chi connectivity index (χ4n) is 2.44. The quantitative estimate of drug-likeness (QED) is 0.791. The molecule has 2 heteroatoms. The normalized spacial score (nSPS) is 12.2. The van der Waals surface area contributed by atoms with Gasteiger partial charge in [0.25, 0.3) is 0 Å². The Balaban J connectivity index is 2.62. The molecule has 0 bridgehead atoms. The van der Waals surface area contributed by atoms with Crippen LogP contribution >= 0.6 is 0 Å². The summed E-state index contributed by atoms with van der Waals surface area (Å²) in [6, 6.07) is 4.60. The molecular formula is C17H26N2. The van der Waals surface area contributed by atoms with Gasteiger partial charge in [0.15, 0.2) is 0 Å². The Bertz CT molecular complexity index is 443. The first-order chi connectivity index (χ1) is 9.01. The highest BCUT2D eigenvalue weighted by atomic mass is 14.9. The van der Waals surface area contributed by atoms with Crippen molar-refractivity contribution in [2.45, 2.75) is 47.5 Å². The van der Waals surface area contributed by atoms with Crippen LogP contribution in [0.3, 0.4) is 0 Å². The van der Waals surface area contributed by atoms with E-state index in [0.717, 1.165) is 25.9 Å². The van der Waals surface area contributed by atoms with Gasteiger partial charge < -0.3 is 5.32 Å². The molecule has 1 unspecified atom stereocenters. The predicted molar refractivity (Wildman–Crippen MR) is 81.4 cm³/mol. The summed E-state index contributed by atoms with van der Waals surface area (Å²) in [6.45, 7) is 12.6. The van der Waals surface area contributed by atoms with E-state index in [1.165, 1.54) is 27.8 Å². The lowest BCUT2D eigenvalue weighted by molar-refractivity contribution is 0.554. The van der Waals surface area contributed by atoms with Gasteiger partial charge >= 0.3 is 0 Å². The summed E-state index contributed by atoms with van der Waals surface area (Å²) in [5.41, 5.74) is 7.05. The molecule has 0 amide bonds. The maximum atomic E-state index is 8.91. The smallest absolute Gasteiger partial charge is 0.0669 e. The summed E-state index contributed by atoms with van der Waals surface area (Å²) >= 11 is 0. The van der Waals surface area contributed by atoms with Gasteiger partial charge in [0.2, 0.25) is 0 Å². The summed E-state index contributed by atoms with van der Waals surface area (Å²) in [5, 5.41) is 12.3. The lowest BCUT2D eigenvalue weighted by Crippen LogP contribution is -2.24. The molecule has 1 aromatic rings. The fourth-order valence-corrected chi connectivity index (χ4v) is 2.44. The first-order valence-electron chi connectivity index (χ1n) is 7.17. The monoisotopic (exact) mass is 258 g/mol. The van der Waals surface area contributed by atoms with Crippen LogP contribution in [0.1, 0.15) is 41.2 Å². The van der Waals surface area contributed by atoms with Crippen molar-refractivity contribution in [3.63, 3.8) is 0 Å². The van der Waals surface area contributed by atoms with Crippen LogP contribution in [0.15, 0.2) is 6.07 Å². The molecule has 1 aromatic carbocycles. The van der Waals surface area contributed by atoms with E-state index in [2.05, 4.69) is 52.1 Å². The van der Waals surface area contributed by atoms with Gasteiger partial charge in [0.05, 0.1) is 12.0 Å². The Morgan fingerprint density at radius 2 is 1.74 bits per heavy atom. The summed E-state index contributed by atoms with van der Waals surface area (Å²) in [5.74, 6) is 0.140. The lowest BCUT2D eigenvalue weighted by atomic mass is 9.92. The van der Waals surface area contributed by atoms with Gasteiger partial charge in [-0.1, -0.05) is 13.0 Å². The number of aryl methyl sites for hydroxylation is 2. The Morgan fingerprint density at radius 1 is 1.16 bits per heavy atom. The molecule has 0 aromatic heterocycles. The summed E-state index contributed by atoms with van der Waals surface area (Å²) in [6.07, 6.45) is 1.97. The number of hydrogen-bond acceptors (Lipinski definition) is 2. The molecule has 0 heterocycles. The number of nitriles is 1.